The van der Waals surface area contributed by atoms with Crippen LogP contribution in [0.5, 0.6) is 5.75 Å². The summed E-state index contributed by atoms with van der Waals surface area (Å²) in [6.45, 7) is 4.45. The number of benzene rings is 1. The lowest BCUT2D eigenvalue weighted by atomic mass is 9.96. The van der Waals surface area contributed by atoms with Crippen molar-refractivity contribution in [2.45, 2.75) is 138 Å². The van der Waals surface area contributed by atoms with Crippen molar-refractivity contribution in [3.05, 3.63) is 29.8 Å². The second kappa shape index (κ2) is 20.4. The summed E-state index contributed by atoms with van der Waals surface area (Å²) < 4.78 is 6.77. The number of hydrogen-bond donors (Lipinski definition) is 14. The number of nitrogens with one attached hydrogen (secondary N) is 4. The molecule has 1 unspecified atom stereocenters. The summed E-state index contributed by atoms with van der Waals surface area (Å²) >= 11 is 0. The van der Waals surface area contributed by atoms with Gasteiger partial charge in [-0.1, -0.05) is 19.1 Å². The molecule has 0 spiro atoms. The van der Waals surface area contributed by atoms with Gasteiger partial charge in [0.05, 0.1) is 57.1 Å². The van der Waals surface area contributed by atoms with Crippen molar-refractivity contribution >= 4 is 29.5 Å². The van der Waals surface area contributed by atoms with Crippen LogP contribution in [-0.2, 0) is 28.7 Å². The van der Waals surface area contributed by atoms with Gasteiger partial charge in [0.25, 0.3) is 0 Å². The average Bonchev–Trinajstić information content (AvgIpc) is 3.88. The van der Waals surface area contributed by atoms with Gasteiger partial charge in [0, 0.05) is 32.4 Å². The van der Waals surface area contributed by atoms with Gasteiger partial charge in [0.2, 0.25) is 29.5 Å². The van der Waals surface area contributed by atoms with Gasteiger partial charge in [-0.15, -0.1) is 0 Å². The molecule has 0 aliphatic carbocycles. The zero-order valence-corrected chi connectivity index (χ0v) is 36.0. The molecule has 4 aliphatic rings. The van der Waals surface area contributed by atoms with E-state index in [2.05, 4.69) is 21.3 Å². The van der Waals surface area contributed by atoms with Gasteiger partial charge in [-0.25, -0.2) is 0 Å². The monoisotopic (exact) mass is 897 g/mol. The van der Waals surface area contributed by atoms with Crippen LogP contribution in [0.3, 0.4) is 0 Å². The highest BCUT2D eigenvalue weighted by molar-refractivity contribution is 5.96. The Labute approximate surface area is 364 Å². The molecule has 5 rings (SSSR count). The first-order chi connectivity index (χ1) is 29.4. The normalized spacial score (nSPS) is 37.3. The van der Waals surface area contributed by atoms with E-state index in [1.807, 2.05) is 14.1 Å². The summed E-state index contributed by atoms with van der Waals surface area (Å²) in [7, 11) is 3.92. The molecule has 23 nitrogen and oxygen atoms in total. The summed E-state index contributed by atoms with van der Waals surface area (Å²) in [5, 5.41) is 109. The van der Waals surface area contributed by atoms with Crippen LogP contribution in [0.25, 0.3) is 0 Å². The van der Waals surface area contributed by atoms with E-state index in [1.165, 1.54) is 38.1 Å². The molecule has 354 valence electrons. The lowest BCUT2D eigenvalue weighted by molar-refractivity contribution is -0.879. The minimum Gasteiger partial charge on any atom is -0.508 e. The van der Waals surface area contributed by atoms with Crippen molar-refractivity contribution in [2.24, 2.45) is 11.7 Å². The van der Waals surface area contributed by atoms with Gasteiger partial charge in [0.15, 0.2) is 6.23 Å². The third-order valence-electron chi connectivity index (χ3n) is 12.5. The van der Waals surface area contributed by atoms with E-state index in [1.54, 1.807) is 6.92 Å². The number of carbonyl (C=O) groups is 5. The zero-order chi connectivity index (χ0) is 46.8. The van der Waals surface area contributed by atoms with Crippen LogP contribution < -0.4 is 27.0 Å². The number of aromatic hydroxyl groups is 1. The van der Waals surface area contributed by atoms with Crippen LogP contribution in [0.4, 0.5) is 0 Å². The van der Waals surface area contributed by atoms with Gasteiger partial charge in [-0.2, -0.15) is 0 Å². The van der Waals surface area contributed by atoms with E-state index in [9.17, 15) is 69.9 Å². The van der Waals surface area contributed by atoms with Crippen LogP contribution >= 0.6 is 0 Å². The summed E-state index contributed by atoms with van der Waals surface area (Å²) in [6, 6.07) is -5.56. The molecule has 17 atom stereocenters. The minimum atomic E-state index is -2.20. The predicted molar refractivity (Wildman–Crippen MR) is 218 cm³/mol. The highest BCUT2D eigenvalue weighted by Crippen LogP contribution is 2.29. The Morgan fingerprint density at radius 3 is 2.03 bits per heavy atom. The van der Waals surface area contributed by atoms with Crippen molar-refractivity contribution in [3.8, 4) is 5.75 Å². The third-order valence-corrected chi connectivity index (χ3v) is 12.5. The molecule has 1 aromatic rings. The first-order valence-electron chi connectivity index (χ1n) is 21.1. The number of phenols is 1. The number of aliphatic hydroxyl groups is 8. The van der Waals surface area contributed by atoms with Gasteiger partial charge < -0.3 is 87.1 Å². The SMILES string of the molecule is C[C@@H](O)[C@@H]1NC(=O)[C@@H](N)C[C@@H](O)[C@@H](O[C@@H]2CC[N+](C)(C)C2)NC(=O)[C@@H]2[C@@H](O)[C@@H](C)CN2C(O)[C@H]([C@@H](C)O)NC(=O)[C@H]([C@H](O)[C@@H](O)c2ccc(O)cc2)NC(=O)[C@@H]2C[C@@H](O)CN2C1=O. The number of ether oxygens (including phenoxy) is 1. The van der Waals surface area contributed by atoms with E-state index >= 15 is 0 Å². The smallest absolute Gasteiger partial charge is 0.248 e. The topological polar surface area (TPSA) is 357 Å². The third kappa shape index (κ3) is 11.6. The molecule has 15 N–H and O–H groups in total. The lowest BCUT2D eigenvalue weighted by Gasteiger charge is -2.38. The molecule has 0 radical (unpaired) electrons. The van der Waals surface area contributed by atoms with Crippen molar-refractivity contribution in [2.75, 3.05) is 40.3 Å². The number of likely N-dealkylation sites (tertiary alicyclic amines) is 1. The highest BCUT2D eigenvalue weighted by Gasteiger charge is 2.51. The van der Waals surface area contributed by atoms with E-state index in [-0.39, 0.29) is 17.9 Å². The number of phenolic OH excluding ortho intramolecular Hbond substituents is 1. The second-order valence-corrected chi connectivity index (χ2v) is 18.2. The number of likely N-dealkylation sites (N-methyl/N-ethyl adjacent to an activating group) is 1. The maximum atomic E-state index is 14.3. The number of nitrogens with two attached hydrogens (primary N) is 1. The standard InChI is InChI=1S/C40H64N8O15/c1-17-14-47-30(31(17)54)37(60)45-38(63-23-10-11-48(4,5)16-23)26(53)13-24(41)34(57)42-27(18(2)49)39(61)46-15-22(52)12-25(46)35(58)44-29(36(59)43-28(19(3)50)40(47)62)33(56)32(55)20-6-8-21(51)9-7-20/h6-9,17-19,22-33,38,40,49-50,52-56,62H,10-16,41H2,1-5H3,(H4-,42,43,44,45,51,57,58,59,60)/p+1/t17-,18+,19+,22+,23+,24-,25-,26+,27-,28-,29-,30-,31-,32-,33-,38+,40?/m0/s1. The minimum absolute atomic E-state index is 0.0179. The van der Waals surface area contributed by atoms with Gasteiger partial charge in [0.1, 0.15) is 67.1 Å². The van der Waals surface area contributed by atoms with Crippen molar-refractivity contribution in [3.63, 3.8) is 0 Å². The molecule has 4 saturated heterocycles. The number of nitrogens with zero attached hydrogens (tertiary/aromatic N) is 3. The number of rotatable bonds is 7. The van der Waals surface area contributed by atoms with Gasteiger partial charge in [-0.05, 0) is 37.5 Å². The highest BCUT2D eigenvalue weighted by atomic mass is 16.5. The molecule has 63 heavy (non-hydrogen) atoms. The maximum Gasteiger partial charge on any atom is 0.248 e. The summed E-state index contributed by atoms with van der Waals surface area (Å²) in [5.41, 5.74) is 6.23. The lowest BCUT2D eigenvalue weighted by Crippen LogP contribution is -2.65. The Balaban J connectivity index is 1.57. The Bertz CT molecular complexity index is 1790. The first-order valence-corrected chi connectivity index (χ1v) is 21.1. The fourth-order valence-corrected chi connectivity index (χ4v) is 8.77. The summed E-state index contributed by atoms with van der Waals surface area (Å²) in [5.74, 6) is -6.36. The molecule has 4 fully saturated rings. The molecule has 0 saturated carbocycles. The number of amides is 5. The van der Waals surface area contributed by atoms with Crippen molar-refractivity contribution in [1.82, 2.24) is 31.1 Å². The van der Waals surface area contributed by atoms with Crippen LogP contribution in [0, 0.1) is 5.92 Å². The maximum absolute atomic E-state index is 14.3. The number of hydrogen-bond acceptors (Lipinski definition) is 17. The van der Waals surface area contributed by atoms with E-state index < -0.39 is 152 Å². The molecule has 23 heteroatoms. The zero-order valence-electron chi connectivity index (χ0n) is 36.0. The van der Waals surface area contributed by atoms with E-state index in [0.29, 0.717) is 24.0 Å². The largest absolute Gasteiger partial charge is 0.508 e. The van der Waals surface area contributed by atoms with Crippen molar-refractivity contribution in [1.29, 1.82) is 0 Å². The summed E-state index contributed by atoms with van der Waals surface area (Å²) in [6.07, 6.45) is -16.3. The summed E-state index contributed by atoms with van der Waals surface area (Å²) in [4.78, 5) is 72.2. The average molecular weight is 898 g/mol. The molecule has 4 heterocycles. The Kier molecular flexibility index (Phi) is 16.1. The van der Waals surface area contributed by atoms with Crippen LogP contribution in [0.15, 0.2) is 24.3 Å². The van der Waals surface area contributed by atoms with Gasteiger partial charge >= 0.3 is 0 Å². The molecule has 4 aliphatic heterocycles. The van der Waals surface area contributed by atoms with Crippen LogP contribution in [0.1, 0.15) is 51.7 Å². The number of aliphatic hydroxyl groups excluding tert-OH is 8. The van der Waals surface area contributed by atoms with E-state index in [4.69, 9.17) is 10.5 Å². The first kappa shape index (κ1) is 49.9. The van der Waals surface area contributed by atoms with Crippen molar-refractivity contribution < 1.29 is 79.2 Å². The molecular weight excluding hydrogens is 832 g/mol. The molecule has 0 bridgehead atoms. The second-order valence-electron chi connectivity index (χ2n) is 18.2. The predicted octanol–water partition coefficient (Wildman–Crippen LogP) is -6.64. The number of fused-ring (bicyclic) bond motifs is 2. The fourth-order valence-electron chi connectivity index (χ4n) is 8.77. The van der Waals surface area contributed by atoms with E-state index in [0.717, 1.165) is 9.80 Å². The Morgan fingerprint density at radius 1 is 0.810 bits per heavy atom. The number of carbonyl (C=O) groups excluding carboxylic acids is 5. The molecular formula is C40H65N8O15+. The number of quaternary nitrogens is 1. The fraction of sp³-hybridized carbons (Fsp3) is 0.725. The molecule has 1 aromatic carbocycles. The Morgan fingerprint density at radius 2 is 1.44 bits per heavy atom. The molecule has 0 aromatic heterocycles. The molecule has 5 amide bonds. The van der Waals surface area contributed by atoms with Gasteiger partial charge in [-0.3, -0.25) is 28.9 Å². The van der Waals surface area contributed by atoms with Crippen LogP contribution in [0.2, 0.25) is 0 Å². The Hall–Kier alpha value is -4.11. The van der Waals surface area contributed by atoms with Crippen LogP contribution in [-0.4, -0.2) is 221 Å². The quantitative estimate of drug-likeness (QED) is 0.113.